The maximum absolute atomic E-state index is 13.2. The van der Waals surface area contributed by atoms with Crippen LogP contribution in [0.15, 0.2) is 35.2 Å². The number of halogens is 5. The summed E-state index contributed by atoms with van der Waals surface area (Å²) < 4.78 is 70.0. The molecule has 0 atom stereocenters. The molecular formula is C18H17F5N6O2. The second kappa shape index (κ2) is 8.70. The summed E-state index contributed by atoms with van der Waals surface area (Å²) in [6.07, 6.45) is -3.79. The van der Waals surface area contributed by atoms with Crippen LogP contribution < -0.4 is 10.6 Å². The first-order valence-electron chi connectivity index (χ1n) is 8.94. The van der Waals surface area contributed by atoms with Crippen LogP contribution in [0.3, 0.4) is 0 Å². The zero-order valence-electron chi connectivity index (χ0n) is 16.2. The van der Waals surface area contributed by atoms with Crippen LogP contribution in [0.25, 0.3) is 11.5 Å². The predicted octanol–water partition coefficient (Wildman–Crippen LogP) is 4.68. The molecule has 0 fully saturated rings. The molecule has 0 bridgehead atoms. The maximum Gasteiger partial charge on any atom is 0.405 e. The van der Waals surface area contributed by atoms with Gasteiger partial charge in [0, 0.05) is 24.0 Å². The molecule has 3 aromatic rings. The number of oxazole rings is 1. The van der Waals surface area contributed by atoms with Crippen molar-refractivity contribution in [1.29, 1.82) is 0 Å². The predicted molar refractivity (Wildman–Crippen MR) is 99.8 cm³/mol. The van der Waals surface area contributed by atoms with Gasteiger partial charge in [-0.1, -0.05) is 0 Å². The SMILES string of the molecule is CC(C)n1cc(NC(=O)c2coc(-c3ccnc(NCC(F)(F)F)c3)n2)c(C(F)F)n1. The average Bonchev–Trinajstić information content (AvgIpc) is 3.34. The van der Waals surface area contributed by atoms with Crippen molar-refractivity contribution in [3.05, 3.63) is 42.2 Å². The Labute approximate surface area is 172 Å². The van der Waals surface area contributed by atoms with Crippen LogP contribution in [0.2, 0.25) is 0 Å². The van der Waals surface area contributed by atoms with Gasteiger partial charge in [-0.15, -0.1) is 0 Å². The van der Waals surface area contributed by atoms with E-state index in [2.05, 4.69) is 25.7 Å². The Kier molecular flexibility index (Phi) is 6.22. The van der Waals surface area contributed by atoms with Gasteiger partial charge >= 0.3 is 6.18 Å². The maximum atomic E-state index is 13.2. The summed E-state index contributed by atoms with van der Waals surface area (Å²) in [6, 6.07) is 2.49. The summed E-state index contributed by atoms with van der Waals surface area (Å²) >= 11 is 0. The van der Waals surface area contributed by atoms with E-state index in [1.54, 1.807) is 13.8 Å². The summed E-state index contributed by atoms with van der Waals surface area (Å²) in [7, 11) is 0. The van der Waals surface area contributed by atoms with Gasteiger partial charge < -0.3 is 15.1 Å². The smallest absolute Gasteiger partial charge is 0.405 e. The molecule has 31 heavy (non-hydrogen) atoms. The molecule has 8 nitrogen and oxygen atoms in total. The summed E-state index contributed by atoms with van der Waals surface area (Å²) in [6.45, 7) is 2.20. The highest BCUT2D eigenvalue weighted by atomic mass is 19.4. The van der Waals surface area contributed by atoms with E-state index < -0.39 is 30.7 Å². The largest absolute Gasteiger partial charge is 0.444 e. The molecule has 13 heteroatoms. The zero-order valence-corrected chi connectivity index (χ0v) is 16.2. The van der Waals surface area contributed by atoms with Gasteiger partial charge in [0.25, 0.3) is 12.3 Å². The van der Waals surface area contributed by atoms with Gasteiger partial charge in [-0.25, -0.2) is 18.7 Å². The molecule has 3 aromatic heterocycles. The number of aromatic nitrogens is 4. The number of rotatable bonds is 7. The van der Waals surface area contributed by atoms with Crippen LogP contribution in [-0.4, -0.2) is 38.4 Å². The Morgan fingerprint density at radius 1 is 1.29 bits per heavy atom. The number of pyridine rings is 1. The lowest BCUT2D eigenvalue weighted by molar-refractivity contribution is -0.115. The number of nitrogens with one attached hydrogen (secondary N) is 2. The van der Waals surface area contributed by atoms with Crippen molar-refractivity contribution >= 4 is 17.4 Å². The average molecular weight is 444 g/mol. The van der Waals surface area contributed by atoms with E-state index in [9.17, 15) is 26.7 Å². The van der Waals surface area contributed by atoms with Crippen LogP contribution in [0, 0.1) is 0 Å². The lowest BCUT2D eigenvalue weighted by Gasteiger charge is -2.08. The van der Waals surface area contributed by atoms with E-state index in [1.807, 2.05) is 0 Å². The Bertz CT molecular complexity index is 1060. The van der Waals surface area contributed by atoms with Gasteiger partial charge in [-0.05, 0) is 26.0 Å². The lowest BCUT2D eigenvalue weighted by Crippen LogP contribution is -2.21. The molecule has 0 aliphatic rings. The van der Waals surface area contributed by atoms with Crippen LogP contribution >= 0.6 is 0 Å². The van der Waals surface area contributed by atoms with Crippen molar-refractivity contribution in [2.24, 2.45) is 0 Å². The minimum atomic E-state index is -4.42. The van der Waals surface area contributed by atoms with Crippen molar-refractivity contribution in [2.75, 3.05) is 17.2 Å². The van der Waals surface area contributed by atoms with Crippen molar-refractivity contribution in [1.82, 2.24) is 19.7 Å². The third-order valence-corrected chi connectivity index (χ3v) is 3.96. The van der Waals surface area contributed by atoms with E-state index >= 15 is 0 Å². The van der Waals surface area contributed by atoms with E-state index in [0.29, 0.717) is 0 Å². The fourth-order valence-electron chi connectivity index (χ4n) is 2.48. The van der Waals surface area contributed by atoms with Gasteiger partial charge in [0.2, 0.25) is 5.89 Å². The molecule has 166 valence electrons. The Balaban J connectivity index is 1.76. The number of alkyl halides is 5. The van der Waals surface area contributed by atoms with Gasteiger partial charge in [0.05, 0.1) is 5.69 Å². The number of hydrogen-bond acceptors (Lipinski definition) is 6. The van der Waals surface area contributed by atoms with Crippen LogP contribution in [-0.2, 0) is 0 Å². The van der Waals surface area contributed by atoms with Gasteiger partial charge in [0.1, 0.15) is 18.6 Å². The molecule has 1 amide bonds. The molecule has 0 aliphatic heterocycles. The van der Waals surface area contributed by atoms with Crippen LogP contribution in [0.1, 0.15) is 42.5 Å². The third kappa shape index (κ3) is 5.55. The summed E-state index contributed by atoms with van der Waals surface area (Å²) in [5.41, 5.74) is -0.699. The lowest BCUT2D eigenvalue weighted by atomic mass is 10.2. The summed E-state index contributed by atoms with van der Waals surface area (Å²) in [4.78, 5) is 20.2. The number of amides is 1. The van der Waals surface area contributed by atoms with Crippen molar-refractivity contribution in [3.8, 4) is 11.5 Å². The van der Waals surface area contributed by atoms with E-state index in [4.69, 9.17) is 4.42 Å². The standard InChI is InChI=1S/C18H17F5N6O2/c1-9(2)29-6-11(14(28-29)15(19)20)26-16(30)12-7-31-17(27-12)10-3-4-24-13(5-10)25-8-18(21,22)23/h3-7,9,15H,8H2,1-2H3,(H,24,25)(H,26,30). The molecule has 0 radical (unpaired) electrons. The zero-order chi connectivity index (χ0) is 22.8. The molecule has 3 heterocycles. The van der Waals surface area contributed by atoms with Gasteiger partial charge in [0.15, 0.2) is 11.4 Å². The van der Waals surface area contributed by atoms with E-state index in [0.717, 1.165) is 6.26 Å². The van der Waals surface area contributed by atoms with Crippen LogP contribution in [0.4, 0.5) is 33.5 Å². The molecular weight excluding hydrogens is 427 g/mol. The van der Waals surface area contributed by atoms with Crippen molar-refractivity contribution < 1.29 is 31.2 Å². The van der Waals surface area contributed by atoms with E-state index in [1.165, 1.54) is 29.2 Å². The molecule has 3 rings (SSSR count). The second-order valence-electron chi connectivity index (χ2n) is 6.69. The molecule has 0 unspecified atom stereocenters. The fraction of sp³-hybridized carbons (Fsp3) is 0.333. The summed E-state index contributed by atoms with van der Waals surface area (Å²) in [5, 5.41) is 8.21. The molecule has 0 spiro atoms. The Morgan fingerprint density at radius 2 is 2.03 bits per heavy atom. The molecule has 0 saturated carbocycles. The summed E-state index contributed by atoms with van der Waals surface area (Å²) in [5.74, 6) is -0.944. The quantitative estimate of drug-likeness (QED) is 0.514. The molecule has 2 N–H and O–H groups in total. The normalized spacial score (nSPS) is 11.9. The molecule has 0 aliphatic carbocycles. The third-order valence-electron chi connectivity index (χ3n) is 3.96. The molecule has 0 aromatic carbocycles. The first kappa shape index (κ1) is 22.2. The Morgan fingerprint density at radius 3 is 2.68 bits per heavy atom. The fourth-order valence-corrected chi connectivity index (χ4v) is 2.48. The number of nitrogens with zero attached hydrogens (tertiary/aromatic N) is 4. The number of carbonyl (C=O) groups is 1. The number of carbonyl (C=O) groups excluding carboxylic acids is 1. The van der Waals surface area contributed by atoms with Gasteiger partial charge in [-0.2, -0.15) is 18.3 Å². The monoisotopic (exact) mass is 444 g/mol. The topological polar surface area (TPSA) is 97.9 Å². The Hall–Kier alpha value is -3.51. The van der Waals surface area contributed by atoms with Crippen molar-refractivity contribution in [3.63, 3.8) is 0 Å². The number of hydrogen-bond donors (Lipinski definition) is 2. The van der Waals surface area contributed by atoms with Crippen LogP contribution in [0.5, 0.6) is 0 Å². The first-order chi connectivity index (χ1) is 14.5. The highest BCUT2D eigenvalue weighted by Gasteiger charge is 2.27. The van der Waals surface area contributed by atoms with Crippen molar-refractivity contribution in [2.45, 2.75) is 32.5 Å². The van der Waals surface area contributed by atoms with Gasteiger partial charge in [-0.3, -0.25) is 9.48 Å². The number of anilines is 2. The second-order valence-corrected chi connectivity index (χ2v) is 6.69. The first-order valence-corrected chi connectivity index (χ1v) is 8.94. The van der Waals surface area contributed by atoms with E-state index in [-0.39, 0.29) is 34.7 Å². The highest BCUT2D eigenvalue weighted by Crippen LogP contribution is 2.28. The molecule has 0 saturated heterocycles. The minimum Gasteiger partial charge on any atom is -0.444 e. The minimum absolute atomic E-state index is 0.0606. The highest BCUT2D eigenvalue weighted by molar-refractivity contribution is 6.03.